The van der Waals surface area contributed by atoms with E-state index < -0.39 is 0 Å². The Morgan fingerprint density at radius 2 is 2.00 bits per heavy atom. The van der Waals surface area contributed by atoms with E-state index in [1.165, 1.54) is 0 Å². The summed E-state index contributed by atoms with van der Waals surface area (Å²) in [7, 11) is 3.34. The number of methoxy groups -OCH3 is 1. The molecule has 0 bridgehead atoms. The molecule has 0 aromatic heterocycles. The number of carbonyl (C=O) groups is 1. The van der Waals surface area contributed by atoms with Crippen LogP contribution in [0.25, 0.3) is 0 Å². The minimum atomic E-state index is -0.105. The standard InChI is InChI=1S/C12H17NO3/c1-13(12(15)7-8-14)9-10-3-5-11(16-2)6-4-10/h3-6,14H,7-9H2,1-2H3. The van der Waals surface area contributed by atoms with E-state index in [-0.39, 0.29) is 18.9 Å². The molecule has 1 aromatic carbocycles. The van der Waals surface area contributed by atoms with Crippen LogP contribution < -0.4 is 4.74 Å². The van der Waals surface area contributed by atoms with Crippen molar-refractivity contribution in [2.24, 2.45) is 0 Å². The molecule has 88 valence electrons. The number of benzene rings is 1. The van der Waals surface area contributed by atoms with Gasteiger partial charge in [0.05, 0.1) is 13.7 Å². The lowest BCUT2D eigenvalue weighted by Crippen LogP contribution is -2.26. The highest BCUT2D eigenvalue weighted by Gasteiger charge is 2.07. The topological polar surface area (TPSA) is 49.8 Å². The summed E-state index contributed by atoms with van der Waals surface area (Å²) in [4.78, 5) is 13.0. The molecule has 0 aliphatic heterocycles. The van der Waals surface area contributed by atoms with Crippen molar-refractivity contribution in [2.75, 3.05) is 20.8 Å². The maximum Gasteiger partial charge on any atom is 0.224 e. The average Bonchev–Trinajstić information content (AvgIpc) is 2.30. The Morgan fingerprint density at radius 3 is 2.50 bits per heavy atom. The summed E-state index contributed by atoms with van der Waals surface area (Å²) in [5.74, 6) is 0.742. The zero-order valence-corrected chi connectivity index (χ0v) is 9.64. The number of aliphatic hydroxyl groups is 1. The van der Waals surface area contributed by atoms with Crippen molar-refractivity contribution >= 4 is 5.91 Å². The molecule has 1 N–H and O–H groups in total. The maximum absolute atomic E-state index is 11.4. The van der Waals surface area contributed by atoms with Crippen molar-refractivity contribution in [3.05, 3.63) is 29.8 Å². The molecule has 0 spiro atoms. The Bertz CT molecular complexity index is 335. The van der Waals surface area contributed by atoms with Crippen LogP contribution in [-0.4, -0.2) is 36.7 Å². The number of ether oxygens (including phenoxy) is 1. The molecule has 1 amide bonds. The number of amides is 1. The highest BCUT2D eigenvalue weighted by molar-refractivity contribution is 5.75. The van der Waals surface area contributed by atoms with E-state index >= 15 is 0 Å². The Kier molecular flexibility index (Phi) is 4.79. The van der Waals surface area contributed by atoms with Gasteiger partial charge in [-0.3, -0.25) is 4.79 Å². The van der Waals surface area contributed by atoms with E-state index in [1.807, 2.05) is 24.3 Å². The van der Waals surface area contributed by atoms with E-state index in [1.54, 1.807) is 19.1 Å². The van der Waals surface area contributed by atoms with E-state index in [2.05, 4.69) is 0 Å². The van der Waals surface area contributed by atoms with E-state index in [4.69, 9.17) is 9.84 Å². The van der Waals surface area contributed by atoms with Crippen LogP contribution in [0.15, 0.2) is 24.3 Å². The lowest BCUT2D eigenvalue weighted by molar-refractivity contribution is -0.131. The molecule has 0 saturated heterocycles. The number of hydrogen-bond donors (Lipinski definition) is 1. The van der Waals surface area contributed by atoms with Crippen LogP contribution in [0.1, 0.15) is 12.0 Å². The molecule has 0 atom stereocenters. The van der Waals surface area contributed by atoms with Crippen molar-refractivity contribution in [2.45, 2.75) is 13.0 Å². The molecular formula is C12H17NO3. The Balaban J connectivity index is 2.55. The molecule has 4 heteroatoms. The third-order valence-corrected chi connectivity index (χ3v) is 2.33. The summed E-state index contributed by atoms with van der Waals surface area (Å²) >= 11 is 0. The summed E-state index contributed by atoms with van der Waals surface area (Å²) in [6.45, 7) is 0.439. The van der Waals surface area contributed by atoms with Crippen molar-refractivity contribution in [1.29, 1.82) is 0 Å². The van der Waals surface area contributed by atoms with E-state index in [9.17, 15) is 4.79 Å². The Hall–Kier alpha value is -1.55. The molecule has 0 radical (unpaired) electrons. The van der Waals surface area contributed by atoms with Gasteiger partial charge in [0.25, 0.3) is 0 Å². The number of nitrogens with zero attached hydrogens (tertiary/aromatic N) is 1. The van der Waals surface area contributed by atoms with Crippen LogP contribution in [0.4, 0.5) is 0 Å². The van der Waals surface area contributed by atoms with Gasteiger partial charge in [-0.1, -0.05) is 12.1 Å². The van der Waals surface area contributed by atoms with Gasteiger partial charge in [-0.05, 0) is 17.7 Å². The Labute approximate surface area is 95.5 Å². The molecular weight excluding hydrogens is 206 g/mol. The predicted molar refractivity (Wildman–Crippen MR) is 61.2 cm³/mol. The molecule has 0 fully saturated rings. The first kappa shape index (κ1) is 12.5. The fraction of sp³-hybridized carbons (Fsp3) is 0.417. The number of rotatable bonds is 5. The molecule has 1 aromatic rings. The van der Waals surface area contributed by atoms with Crippen LogP contribution >= 0.6 is 0 Å². The van der Waals surface area contributed by atoms with Crippen LogP contribution in [0.3, 0.4) is 0 Å². The van der Waals surface area contributed by atoms with Crippen molar-refractivity contribution < 1.29 is 14.6 Å². The van der Waals surface area contributed by atoms with Gasteiger partial charge in [0, 0.05) is 20.0 Å². The largest absolute Gasteiger partial charge is 0.497 e. The first-order chi connectivity index (χ1) is 7.67. The average molecular weight is 223 g/mol. The fourth-order valence-electron chi connectivity index (χ4n) is 1.38. The number of aliphatic hydroxyl groups excluding tert-OH is 1. The molecule has 1 rings (SSSR count). The van der Waals surface area contributed by atoms with E-state index in [0.29, 0.717) is 6.54 Å². The highest BCUT2D eigenvalue weighted by atomic mass is 16.5. The summed E-state index contributed by atoms with van der Waals surface area (Å²) in [6.07, 6.45) is 0.173. The Morgan fingerprint density at radius 1 is 1.38 bits per heavy atom. The quantitative estimate of drug-likeness (QED) is 0.811. The highest BCUT2D eigenvalue weighted by Crippen LogP contribution is 2.12. The van der Waals surface area contributed by atoms with Crippen molar-refractivity contribution in [3.63, 3.8) is 0 Å². The summed E-state index contributed by atoms with van der Waals surface area (Å²) < 4.78 is 5.05. The van der Waals surface area contributed by atoms with Crippen LogP contribution in [0.2, 0.25) is 0 Å². The van der Waals surface area contributed by atoms with E-state index in [0.717, 1.165) is 11.3 Å². The van der Waals surface area contributed by atoms with Crippen LogP contribution in [0.5, 0.6) is 5.75 Å². The van der Waals surface area contributed by atoms with Gasteiger partial charge in [0.15, 0.2) is 0 Å². The second-order valence-corrected chi connectivity index (χ2v) is 3.57. The normalized spacial score (nSPS) is 9.94. The molecule has 0 heterocycles. The molecule has 0 unspecified atom stereocenters. The zero-order valence-electron chi connectivity index (χ0n) is 9.64. The van der Waals surface area contributed by atoms with Crippen molar-refractivity contribution in [3.8, 4) is 5.75 Å². The number of hydrogen-bond acceptors (Lipinski definition) is 3. The minimum Gasteiger partial charge on any atom is -0.497 e. The van der Waals surface area contributed by atoms with Crippen LogP contribution in [0, 0.1) is 0 Å². The minimum absolute atomic E-state index is 0.0571. The van der Waals surface area contributed by atoms with Gasteiger partial charge >= 0.3 is 0 Å². The molecule has 16 heavy (non-hydrogen) atoms. The first-order valence-electron chi connectivity index (χ1n) is 5.15. The first-order valence-corrected chi connectivity index (χ1v) is 5.15. The maximum atomic E-state index is 11.4. The molecule has 0 aliphatic rings. The monoisotopic (exact) mass is 223 g/mol. The van der Waals surface area contributed by atoms with Gasteiger partial charge in [-0.15, -0.1) is 0 Å². The van der Waals surface area contributed by atoms with Gasteiger partial charge in [-0.25, -0.2) is 0 Å². The summed E-state index contributed by atoms with van der Waals surface area (Å²) in [5, 5.41) is 8.66. The number of carbonyl (C=O) groups excluding carboxylic acids is 1. The fourth-order valence-corrected chi connectivity index (χ4v) is 1.38. The summed E-state index contributed by atoms with van der Waals surface area (Å²) in [5.41, 5.74) is 1.04. The predicted octanol–water partition coefficient (Wildman–Crippen LogP) is 1.04. The van der Waals surface area contributed by atoms with Gasteiger partial charge < -0.3 is 14.7 Å². The van der Waals surface area contributed by atoms with Crippen LogP contribution in [-0.2, 0) is 11.3 Å². The lowest BCUT2D eigenvalue weighted by atomic mass is 10.2. The second-order valence-electron chi connectivity index (χ2n) is 3.57. The van der Waals surface area contributed by atoms with Crippen molar-refractivity contribution in [1.82, 2.24) is 4.90 Å². The molecule has 0 aliphatic carbocycles. The smallest absolute Gasteiger partial charge is 0.224 e. The lowest BCUT2D eigenvalue weighted by Gasteiger charge is -2.16. The van der Waals surface area contributed by atoms with Gasteiger partial charge in [0.2, 0.25) is 5.91 Å². The molecule has 0 saturated carbocycles. The zero-order chi connectivity index (χ0) is 12.0. The van der Waals surface area contributed by atoms with Gasteiger partial charge in [0.1, 0.15) is 5.75 Å². The van der Waals surface area contributed by atoms with Gasteiger partial charge in [-0.2, -0.15) is 0 Å². The third-order valence-electron chi connectivity index (χ3n) is 2.33. The third kappa shape index (κ3) is 3.55. The molecule has 4 nitrogen and oxygen atoms in total. The second kappa shape index (κ2) is 6.12. The summed E-state index contributed by atoms with van der Waals surface area (Å²) in [6, 6.07) is 7.56. The SMILES string of the molecule is COc1ccc(CN(C)C(=O)CCO)cc1.